The molecule has 0 unspecified atom stereocenters. The van der Waals surface area contributed by atoms with Crippen molar-refractivity contribution in [2.75, 3.05) is 0 Å². The van der Waals surface area contributed by atoms with Gasteiger partial charge in [0.15, 0.2) is 0 Å². The minimum absolute atomic E-state index is 0.286. The molecule has 0 aliphatic carbocycles. The maximum Gasteiger partial charge on any atom is 0.00850 e. The van der Waals surface area contributed by atoms with E-state index in [1.165, 1.54) is 0 Å². The van der Waals surface area contributed by atoms with Crippen molar-refractivity contribution >= 4 is 0 Å². The van der Waals surface area contributed by atoms with Gasteiger partial charge in [0.1, 0.15) is 0 Å². The molecule has 1 heteroatoms. The lowest BCUT2D eigenvalue weighted by atomic mass is 9.86. The minimum Gasteiger partial charge on any atom is -0.327 e. The molecular formula is C7H17N. The molecule has 0 aromatic rings. The predicted octanol–water partition coefficient (Wildman–Crippen LogP) is 1.77. The molecule has 50 valence electrons. The molecule has 0 heterocycles. The predicted molar refractivity (Wildman–Crippen MR) is 37.7 cm³/mol. The zero-order chi connectivity index (χ0) is 6.78. The smallest absolute Gasteiger partial charge is 0.00850 e. The highest BCUT2D eigenvalue weighted by molar-refractivity contribution is 4.74. The van der Waals surface area contributed by atoms with E-state index in [0.717, 1.165) is 6.42 Å². The fourth-order valence-electron chi connectivity index (χ4n) is 0.612. The third kappa shape index (κ3) is 2.31. The summed E-state index contributed by atoms with van der Waals surface area (Å²) in [6, 6.07) is 0.350. The molecule has 0 saturated carbocycles. The Balaban J connectivity index is 3.62. The van der Waals surface area contributed by atoms with Gasteiger partial charge < -0.3 is 5.73 Å². The van der Waals surface area contributed by atoms with Crippen molar-refractivity contribution in [2.24, 2.45) is 11.1 Å². The van der Waals surface area contributed by atoms with Crippen LogP contribution in [0.25, 0.3) is 0 Å². The average molecular weight is 115 g/mol. The van der Waals surface area contributed by atoms with E-state index in [1.54, 1.807) is 0 Å². The monoisotopic (exact) mass is 115 g/mol. The van der Waals surface area contributed by atoms with Gasteiger partial charge in [-0.25, -0.2) is 0 Å². The first-order valence-electron chi connectivity index (χ1n) is 3.24. The number of nitrogens with two attached hydrogens (primary N) is 1. The van der Waals surface area contributed by atoms with E-state index in [-0.39, 0.29) is 5.41 Å². The molecule has 0 amide bonds. The van der Waals surface area contributed by atoms with Crippen LogP contribution in [0.15, 0.2) is 0 Å². The molecule has 8 heavy (non-hydrogen) atoms. The Morgan fingerprint density at radius 1 is 1.38 bits per heavy atom. The maximum absolute atomic E-state index is 5.75. The van der Waals surface area contributed by atoms with E-state index in [2.05, 4.69) is 27.7 Å². The summed E-state index contributed by atoms with van der Waals surface area (Å²) in [6.45, 7) is 8.62. The lowest BCUT2D eigenvalue weighted by Crippen LogP contribution is -2.33. The van der Waals surface area contributed by atoms with Crippen LogP contribution in [0.2, 0.25) is 0 Å². The summed E-state index contributed by atoms with van der Waals surface area (Å²) >= 11 is 0. The lowest BCUT2D eigenvalue weighted by molar-refractivity contribution is 0.313. The van der Waals surface area contributed by atoms with Crippen LogP contribution in [-0.2, 0) is 0 Å². The standard InChI is InChI=1S/C7H17N/c1-5-6(8)7(2,3)4/h6H,5,8H2,1-4H3/t6-/m1/s1. The van der Waals surface area contributed by atoms with Crippen molar-refractivity contribution in [3.8, 4) is 0 Å². The maximum atomic E-state index is 5.75. The Bertz CT molecular complexity index is 61.3. The van der Waals surface area contributed by atoms with Crippen LogP contribution >= 0.6 is 0 Å². The first-order valence-corrected chi connectivity index (χ1v) is 3.24. The van der Waals surface area contributed by atoms with Gasteiger partial charge in [0, 0.05) is 6.04 Å². The molecular weight excluding hydrogens is 98.1 g/mol. The molecule has 0 saturated heterocycles. The van der Waals surface area contributed by atoms with Crippen molar-refractivity contribution in [3.05, 3.63) is 0 Å². The summed E-state index contributed by atoms with van der Waals surface area (Å²) in [5.41, 5.74) is 6.04. The zero-order valence-corrected chi connectivity index (χ0v) is 6.36. The van der Waals surface area contributed by atoms with Gasteiger partial charge in [0.25, 0.3) is 0 Å². The first kappa shape index (κ1) is 7.96. The zero-order valence-electron chi connectivity index (χ0n) is 6.36. The first-order chi connectivity index (χ1) is 3.48. The average Bonchev–Trinajstić information content (AvgIpc) is 1.62. The SMILES string of the molecule is CC[C@@H](N)C(C)(C)C. The quantitative estimate of drug-likeness (QED) is 0.553. The molecule has 0 aliphatic rings. The van der Waals surface area contributed by atoms with E-state index in [0.29, 0.717) is 6.04 Å². The molecule has 0 spiro atoms. The largest absolute Gasteiger partial charge is 0.327 e. The Morgan fingerprint density at radius 3 is 1.75 bits per heavy atom. The summed E-state index contributed by atoms with van der Waals surface area (Å²) in [5, 5.41) is 0. The molecule has 0 fully saturated rings. The summed E-state index contributed by atoms with van der Waals surface area (Å²) in [5.74, 6) is 0. The van der Waals surface area contributed by atoms with Crippen molar-refractivity contribution in [2.45, 2.75) is 40.2 Å². The molecule has 0 aromatic carbocycles. The second-order valence-electron chi connectivity index (χ2n) is 3.38. The van der Waals surface area contributed by atoms with Gasteiger partial charge in [-0.2, -0.15) is 0 Å². The Kier molecular flexibility index (Phi) is 2.48. The van der Waals surface area contributed by atoms with Crippen LogP contribution in [0.1, 0.15) is 34.1 Å². The van der Waals surface area contributed by atoms with Gasteiger partial charge in [-0.15, -0.1) is 0 Å². The summed E-state index contributed by atoms with van der Waals surface area (Å²) in [6.07, 6.45) is 1.07. The van der Waals surface area contributed by atoms with Gasteiger partial charge in [-0.3, -0.25) is 0 Å². The fraction of sp³-hybridized carbons (Fsp3) is 1.00. The molecule has 1 nitrogen and oxygen atoms in total. The second kappa shape index (κ2) is 2.49. The van der Waals surface area contributed by atoms with Crippen LogP contribution in [-0.4, -0.2) is 6.04 Å². The normalized spacial score (nSPS) is 16.1. The third-order valence-electron chi connectivity index (χ3n) is 1.55. The van der Waals surface area contributed by atoms with Crippen molar-refractivity contribution in [3.63, 3.8) is 0 Å². The van der Waals surface area contributed by atoms with E-state index < -0.39 is 0 Å². The van der Waals surface area contributed by atoms with Gasteiger partial charge in [0.2, 0.25) is 0 Å². The van der Waals surface area contributed by atoms with E-state index in [4.69, 9.17) is 5.73 Å². The number of hydrogen-bond donors (Lipinski definition) is 1. The molecule has 1 atom stereocenters. The molecule has 0 rings (SSSR count). The van der Waals surface area contributed by atoms with Gasteiger partial charge in [-0.05, 0) is 11.8 Å². The number of rotatable bonds is 1. The highest BCUT2D eigenvalue weighted by Crippen LogP contribution is 2.18. The third-order valence-corrected chi connectivity index (χ3v) is 1.55. The van der Waals surface area contributed by atoms with E-state index in [1.807, 2.05) is 0 Å². The molecule has 0 aromatic heterocycles. The van der Waals surface area contributed by atoms with Crippen LogP contribution < -0.4 is 5.73 Å². The topological polar surface area (TPSA) is 26.0 Å². The Morgan fingerprint density at radius 2 is 1.75 bits per heavy atom. The second-order valence-corrected chi connectivity index (χ2v) is 3.38. The summed E-state index contributed by atoms with van der Waals surface area (Å²) in [4.78, 5) is 0. The van der Waals surface area contributed by atoms with Crippen LogP contribution in [0, 0.1) is 5.41 Å². The van der Waals surface area contributed by atoms with Crippen LogP contribution in [0.5, 0.6) is 0 Å². The highest BCUT2D eigenvalue weighted by Gasteiger charge is 2.17. The van der Waals surface area contributed by atoms with E-state index in [9.17, 15) is 0 Å². The van der Waals surface area contributed by atoms with E-state index >= 15 is 0 Å². The van der Waals surface area contributed by atoms with Gasteiger partial charge in [0.05, 0.1) is 0 Å². The van der Waals surface area contributed by atoms with Crippen LogP contribution in [0.4, 0.5) is 0 Å². The summed E-state index contributed by atoms with van der Waals surface area (Å²) < 4.78 is 0. The van der Waals surface area contributed by atoms with Crippen molar-refractivity contribution in [1.29, 1.82) is 0 Å². The highest BCUT2D eigenvalue weighted by atomic mass is 14.7. The summed E-state index contributed by atoms with van der Waals surface area (Å²) in [7, 11) is 0. The molecule has 0 bridgehead atoms. The van der Waals surface area contributed by atoms with Gasteiger partial charge >= 0.3 is 0 Å². The van der Waals surface area contributed by atoms with Crippen molar-refractivity contribution < 1.29 is 0 Å². The number of hydrogen-bond acceptors (Lipinski definition) is 1. The molecule has 0 aliphatic heterocycles. The minimum atomic E-state index is 0.286. The van der Waals surface area contributed by atoms with Crippen LogP contribution in [0.3, 0.4) is 0 Å². The molecule has 2 N–H and O–H groups in total. The fourth-order valence-corrected chi connectivity index (χ4v) is 0.612. The van der Waals surface area contributed by atoms with Crippen molar-refractivity contribution in [1.82, 2.24) is 0 Å². The van der Waals surface area contributed by atoms with Gasteiger partial charge in [-0.1, -0.05) is 27.7 Å². The Labute approximate surface area is 52.3 Å². The lowest BCUT2D eigenvalue weighted by Gasteiger charge is -2.25. The Hall–Kier alpha value is -0.0400. The molecule has 0 radical (unpaired) electrons.